The van der Waals surface area contributed by atoms with Crippen molar-refractivity contribution >= 4 is 17.3 Å². The van der Waals surface area contributed by atoms with Crippen LogP contribution in [0.25, 0.3) is 5.69 Å². The number of aryl methyl sites for hydroxylation is 1. The van der Waals surface area contributed by atoms with Crippen molar-refractivity contribution < 1.29 is 4.74 Å². The van der Waals surface area contributed by atoms with E-state index < -0.39 is 0 Å². The number of hydrogen-bond acceptors (Lipinski definition) is 5. The minimum atomic E-state index is -0.351. The summed E-state index contributed by atoms with van der Waals surface area (Å²) in [5.74, 6) is 0.427. The first-order valence-corrected chi connectivity index (χ1v) is 6.12. The van der Waals surface area contributed by atoms with Crippen LogP contribution in [0.1, 0.15) is 13.3 Å². The molecule has 0 unspecified atom stereocenters. The molecule has 2 N–H and O–H groups in total. The number of nitrogen functional groups attached to an aromatic ring is 1. The summed E-state index contributed by atoms with van der Waals surface area (Å²) in [6, 6.07) is 3.07. The van der Waals surface area contributed by atoms with Crippen LogP contribution in [0, 0.1) is 0 Å². The lowest BCUT2D eigenvalue weighted by Gasteiger charge is -2.08. The molecule has 2 rings (SSSR count). The Hall–Kier alpha value is -2.02. The maximum Gasteiger partial charge on any atom is 0.368 e. The van der Waals surface area contributed by atoms with Crippen LogP contribution in [0.5, 0.6) is 5.75 Å². The van der Waals surface area contributed by atoms with Gasteiger partial charge in [0.25, 0.3) is 0 Å². The predicted molar refractivity (Wildman–Crippen MR) is 71.9 cm³/mol. The smallest absolute Gasteiger partial charge is 0.368 e. The van der Waals surface area contributed by atoms with E-state index in [2.05, 4.69) is 10.4 Å². The normalized spacial score (nSPS) is 10.7. The molecule has 0 radical (unpaired) electrons. The Morgan fingerprint density at radius 2 is 2.16 bits per heavy atom. The quantitative estimate of drug-likeness (QED) is 0.849. The van der Waals surface area contributed by atoms with E-state index in [1.165, 1.54) is 17.9 Å². The van der Waals surface area contributed by atoms with Crippen molar-refractivity contribution in [3.63, 3.8) is 0 Å². The van der Waals surface area contributed by atoms with Gasteiger partial charge >= 0.3 is 5.69 Å². The molecule has 0 spiro atoms. The van der Waals surface area contributed by atoms with E-state index in [0.717, 1.165) is 11.1 Å². The van der Waals surface area contributed by atoms with Gasteiger partial charge in [-0.25, -0.2) is 4.79 Å². The molecule has 0 saturated carbocycles. The summed E-state index contributed by atoms with van der Waals surface area (Å²) in [5.41, 5.74) is 6.16. The summed E-state index contributed by atoms with van der Waals surface area (Å²) in [5, 5.41) is 7.90. The van der Waals surface area contributed by atoms with Crippen molar-refractivity contribution in [3.8, 4) is 11.4 Å². The van der Waals surface area contributed by atoms with E-state index in [4.69, 9.17) is 22.1 Å². The second-order valence-electron chi connectivity index (χ2n) is 3.94. The van der Waals surface area contributed by atoms with Crippen molar-refractivity contribution in [1.82, 2.24) is 19.8 Å². The molecular weight excluding hydrogens is 270 g/mol. The number of benzene rings is 1. The Balaban J connectivity index is 2.56. The first-order valence-electron chi connectivity index (χ1n) is 5.74. The number of aromatic nitrogens is 4. The van der Waals surface area contributed by atoms with E-state index in [-0.39, 0.29) is 5.69 Å². The number of ether oxygens (including phenoxy) is 1. The first-order chi connectivity index (χ1) is 9.08. The standard InChI is InChI=1S/C11H14ClN5O2/c1-3-4-16-11(18)17(15-14-16)9-6-10(19-2)8(13)5-7(9)12/h5-6H,3-4,13H2,1-2H3. The maximum absolute atomic E-state index is 12.1. The highest BCUT2D eigenvalue weighted by Gasteiger charge is 2.14. The van der Waals surface area contributed by atoms with Gasteiger partial charge in [0.15, 0.2) is 0 Å². The third-order valence-electron chi connectivity index (χ3n) is 2.60. The number of halogens is 1. The van der Waals surface area contributed by atoms with Gasteiger partial charge in [0.2, 0.25) is 0 Å². The highest BCUT2D eigenvalue weighted by Crippen LogP contribution is 2.30. The molecule has 0 fully saturated rings. The third-order valence-corrected chi connectivity index (χ3v) is 2.90. The monoisotopic (exact) mass is 283 g/mol. The van der Waals surface area contributed by atoms with E-state index in [1.54, 1.807) is 6.07 Å². The summed E-state index contributed by atoms with van der Waals surface area (Å²) in [4.78, 5) is 12.1. The molecular formula is C11H14ClN5O2. The lowest BCUT2D eigenvalue weighted by Crippen LogP contribution is -2.24. The van der Waals surface area contributed by atoms with Crippen LogP contribution in [0.4, 0.5) is 5.69 Å². The van der Waals surface area contributed by atoms with E-state index in [9.17, 15) is 4.79 Å². The molecule has 0 aliphatic carbocycles. The van der Waals surface area contributed by atoms with Crippen LogP contribution < -0.4 is 16.2 Å². The predicted octanol–water partition coefficient (Wildman–Crippen LogP) is 1.08. The van der Waals surface area contributed by atoms with Gasteiger partial charge in [-0.15, -0.1) is 0 Å². The lowest BCUT2D eigenvalue weighted by molar-refractivity contribution is 0.416. The van der Waals surface area contributed by atoms with Crippen molar-refractivity contribution in [2.24, 2.45) is 0 Å². The Labute approximate surface area is 114 Å². The Morgan fingerprint density at radius 1 is 1.42 bits per heavy atom. The molecule has 19 heavy (non-hydrogen) atoms. The highest BCUT2D eigenvalue weighted by molar-refractivity contribution is 6.32. The fourth-order valence-electron chi connectivity index (χ4n) is 1.67. The van der Waals surface area contributed by atoms with Crippen LogP contribution in [0.3, 0.4) is 0 Å². The SMILES string of the molecule is CCCn1nnn(-c2cc(OC)c(N)cc2Cl)c1=O. The second-order valence-corrected chi connectivity index (χ2v) is 4.35. The van der Waals surface area contributed by atoms with Crippen LogP contribution in [-0.2, 0) is 6.54 Å². The van der Waals surface area contributed by atoms with Crippen LogP contribution >= 0.6 is 11.6 Å². The fourth-order valence-corrected chi connectivity index (χ4v) is 1.93. The number of nitrogens with two attached hydrogens (primary N) is 1. The number of hydrogen-bond donors (Lipinski definition) is 1. The van der Waals surface area contributed by atoms with Crippen molar-refractivity contribution in [2.45, 2.75) is 19.9 Å². The molecule has 0 bridgehead atoms. The molecule has 0 atom stereocenters. The average molecular weight is 284 g/mol. The number of anilines is 1. The lowest BCUT2D eigenvalue weighted by atomic mass is 10.2. The van der Waals surface area contributed by atoms with Gasteiger partial charge in [0.1, 0.15) is 5.75 Å². The Morgan fingerprint density at radius 3 is 2.79 bits per heavy atom. The average Bonchev–Trinajstić information content (AvgIpc) is 2.72. The van der Waals surface area contributed by atoms with Crippen LogP contribution in [0.15, 0.2) is 16.9 Å². The van der Waals surface area contributed by atoms with Gasteiger partial charge in [-0.1, -0.05) is 18.5 Å². The summed E-state index contributed by atoms with van der Waals surface area (Å²) >= 11 is 6.08. The molecule has 1 heterocycles. The zero-order chi connectivity index (χ0) is 14.0. The molecule has 0 saturated heterocycles. The molecule has 2 aromatic rings. The first kappa shape index (κ1) is 13.4. The van der Waals surface area contributed by atoms with Gasteiger partial charge in [-0.05, 0) is 22.9 Å². The largest absolute Gasteiger partial charge is 0.495 e. The molecule has 7 nitrogen and oxygen atoms in total. The summed E-state index contributed by atoms with van der Waals surface area (Å²) in [6.07, 6.45) is 0.789. The molecule has 102 valence electrons. The molecule has 0 aliphatic rings. The van der Waals surface area contributed by atoms with E-state index in [0.29, 0.717) is 28.7 Å². The topological polar surface area (TPSA) is 88.0 Å². The molecule has 1 aromatic carbocycles. The highest BCUT2D eigenvalue weighted by atomic mass is 35.5. The van der Waals surface area contributed by atoms with Gasteiger partial charge in [-0.3, -0.25) is 0 Å². The van der Waals surface area contributed by atoms with Gasteiger partial charge in [0.05, 0.1) is 23.5 Å². The number of methoxy groups -OCH3 is 1. The minimum Gasteiger partial charge on any atom is -0.495 e. The minimum absolute atomic E-state index is 0.309. The maximum atomic E-state index is 12.1. The Kier molecular flexibility index (Phi) is 3.75. The van der Waals surface area contributed by atoms with Gasteiger partial charge < -0.3 is 10.5 Å². The molecule has 0 amide bonds. The zero-order valence-corrected chi connectivity index (χ0v) is 11.4. The van der Waals surface area contributed by atoms with Crippen LogP contribution in [0.2, 0.25) is 5.02 Å². The second kappa shape index (κ2) is 5.31. The van der Waals surface area contributed by atoms with E-state index in [1.807, 2.05) is 6.92 Å². The Bertz CT molecular complexity index is 649. The summed E-state index contributed by atoms with van der Waals surface area (Å²) in [7, 11) is 1.49. The van der Waals surface area contributed by atoms with Gasteiger partial charge in [-0.2, -0.15) is 9.36 Å². The van der Waals surface area contributed by atoms with Gasteiger partial charge in [0, 0.05) is 12.6 Å². The van der Waals surface area contributed by atoms with Crippen molar-refractivity contribution in [3.05, 3.63) is 27.6 Å². The number of rotatable bonds is 4. The zero-order valence-electron chi connectivity index (χ0n) is 10.6. The number of tetrazole rings is 1. The van der Waals surface area contributed by atoms with Crippen molar-refractivity contribution in [2.75, 3.05) is 12.8 Å². The van der Waals surface area contributed by atoms with Crippen LogP contribution in [-0.4, -0.2) is 26.9 Å². The van der Waals surface area contributed by atoms with E-state index >= 15 is 0 Å². The molecule has 8 heteroatoms. The van der Waals surface area contributed by atoms with Crippen molar-refractivity contribution in [1.29, 1.82) is 0 Å². The fraction of sp³-hybridized carbons (Fsp3) is 0.364. The number of nitrogens with zero attached hydrogens (tertiary/aromatic N) is 4. The molecule has 0 aliphatic heterocycles. The third kappa shape index (κ3) is 2.41. The molecule has 1 aromatic heterocycles. The summed E-state index contributed by atoms with van der Waals surface area (Å²) in [6.45, 7) is 2.45. The summed E-state index contributed by atoms with van der Waals surface area (Å²) < 4.78 is 7.50.